The quantitative estimate of drug-likeness (QED) is 0.860. The Morgan fingerprint density at radius 2 is 2.05 bits per heavy atom. The van der Waals surface area contributed by atoms with Gasteiger partial charge >= 0.3 is 6.18 Å². The van der Waals surface area contributed by atoms with Crippen LogP contribution in [0.1, 0.15) is 17.6 Å². The molecule has 2 aromatic rings. The Morgan fingerprint density at radius 1 is 1.26 bits per heavy atom. The lowest BCUT2D eigenvalue weighted by atomic mass is 10.2. The van der Waals surface area contributed by atoms with E-state index in [1.807, 2.05) is 0 Å². The van der Waals surface area contributed by atoms with Crippen LogP contribution in [0, 0.1) is 0 Å². The molecule has 0 bridgehead atoms. The van der Waals surface area contributed by atoms with Gasteiger partial charge in [-0.1, -0.05) is 6.07 Å². The molecule has 4 nitrogen and oxygen atoms in total. The number of alkyl halides is 3. The van der Waals surface area contributed by atoms with Gasteiger partial charge in [0.25, 0.3) is 0 Å². The number of aromatic nitrogens is 3. The molecule has 2 aromatic heterocycles. The predicted octanol–water partition coefficient (Wildman–Crippen LogP) is 2.93. The lowest BCUT2D eigenvalue weighted by Gasteiger charge is -2.04. The highest BCUT2D eigenvalue weighted by atomic mass is 19.4. The average molecular weight is 269 g/mol. The zero-order valence-electron chi connectivity index (χ0n) is 9.76. The Kier molecular flexibility index (Phi) is 3.64. The van der Waals surface area contributed by atoms with Gasteiger partial charge in [-0.25, -0.2) is 4.68 Å². The Bertz CT molecular complexity index is 563. The molecular weight excluding hydrogens is 259 g/mol. The minimum Gasteiger partial charge on any atom is -0.273 e. The monoisotopic (exact) mass is 269 g/mol. The van der Waals surface area contributed by atoms with Crippen LogP contribution in [0.25, 0.3) is 11.1 Å². The number of carbonyl (C=O) groups excluding carboxylic acids is 1. The molecule has 19 heavy (non-hydrogen) atoms. The maximum absolute atomic E-state index is 12.0. The van der Waals surface area contributed by atoms with Crippen LogP contribution in [-0.4, -0.2) is 26.8 Å². The number of pyridine rings is 1. The van der Waals surface area contributed by atoms with E-state index in [0.717, 1.165) is 10.2 Å². The summed E-state index contributed by atoms with van der Waals surface area (Å²) in [5.41, 5.74) is 1.38. The van der Waals surface area contributed by atoms with Crippen molar-refractivity contribution in [2.24, 2.45) is 0 Å². The molecule has 0 saturated carbocycles. The molecule has 2 heterocycles. The summed E-state index contributed by atoms with van der Waals surface area (Å²) in [5, 5.41) is 3.77. The minimum absolute atomic E-state index is 0.613. The summed E-state index contributed by atoms with van der Waals surface area (Å²) in [7, 11) is 0. The van der Waals surface area contributed by atoms with Crippen molar-refractivity contribution in [3.8, 4) is 11.1 Å². The maximum atomic E-state index is 12.0. The van der Waals surface area contributed by atoms with Crippen molar-refractivity contribution in [1.29, 1.82) is 0 Å². The first-order valence-corrected chi connectivity index (χ1v) is 5.51. The topological polar surface area (TPSA) is 47.8 Å². The molecule has 0 aliphatic rings. The molecule has 0 unspecified atom stereocenters. The summed E-state index contributed by atoms with van der Waals surface area (Å²) in [6.45, 7) is 0. The van der Waals surface area contributed by atoms with Crippen LogP contribution >= 0.6 is 0 Å². The van der Waals surface area contributed by atoms with Gasteiger partial charge in [0.05, 0.1) is 12.6 Å². The zero-order valence-corrected chi connectivity index (χ0v) is 9.76. The molecule has 0 atom stereocenters. The molecule has 0 spiro atoms. The third-order valence-corrected chi connectivity index (χ3v) is 2.46. The number of hydrogen-bond donors (Lipinski definition) is 0. The van der Waals surface area contributed by atoms with Crippen molar-refractivity contribution in [3.63, 3.8) is 0 Å². The van der Waals surface area contributed by atoms with Gasteiger partial charge in [0.1, 0.15) is 0 Å². The van der Waals surface area contributed by atoms with Gasteiger partial charge in [0, 0.05) is 36.1 Å². The second-order valence-electron chi connectivity index (χ2n) is 3.92. The SMILES string of the molecule is O=C(CCC(F)(F)F)n1cc(-c2cccnc2)cn1. The standard InChI is InChI=1S/C12H10F3N3O/c13-12(14,15)4-3-11(19)18-8-10(7-17-18)9-2-1-5-16-6-9/h1-2,5-8H,3-4H2. The molecule has 0 radical (unpaired) electrons. The number of rotatable bonds is 3. The van der Waals surface area contributed by atoms with Crippen LogP contribution < -0.4 is 0 Å². The fraction of sp³-hybridized carbons (Fsp3) is 0.250. The normalized spacial score (nSPS) is 11.5. The molecule has 0 aliphatic heterocycles. The van der Waals surface area contributed by atoms with Crippen molar-refractivity contribution in [1.82, 2.24) is 14.8 Å². The summed E-state index contributed by atoms with van der Waals surface area (Å²) in [6, 6.07) is 3.49. The van der Waals surface area contributed by atoms with Crippen molar-refractivity contribution >= 4 is 5.91 Å². The minimum atomic E-state index is -4.34. The lowest BCUT2D eigenvalue weighted by Crippen LogP contribution is -2.16. The van der Waals surface area contributed by atoms with Crippen LogP contribution in [-0.2, 0) is 0 Å². The predicted molar refractivity (Wildman–Crippen MR) is 61.4 cm³/mol. The molecule has 100 valence electrons. The van der Waals surface area contributed by atoms with E-state index in [1.165, 1.54) is 12.4 Å². The van der Waals surface area contributed by atoms with Crippen LogP contribution in [0.15, 0.2) is 36.9 Å². The summed E-state index contributed by atoms with van der Waals surface area (Å²) < 4.78 is 37.0. The van der Waals surface area contributed by atoms with Gasteiger partial charge in [-0.3, -0.25) is 9.78 Å². The second-order valence-corrected chi connectivity index (χ2v) is 3.92. The van der Waals surface area contributed by atoms with E-state index in [9.17, 15) is 18.0 Å². The summed E-state index contributed by atoms with van der Waals surface area (Å²) >= 11 is 0. The zero-order chi connectivity index (χ0) is 13.9. The van der Waals surface area contributed by atoms with Gasteiger partial charge in [0.2, 0.25) is 5.91 Å². The summed E-state index contributed by atoms with van der Waals surface area (Å²) in [6.07, 6.45) is -0.0945. The third kappa shape index (κ3) is 3.64. The molecule has 0 fully saturated rings. The number of carbonyl (C=O) groups is 1. The molecular formula is C12H10F3N3O. The average Bonchev–Trinajstić information content (AvgIpc) is 2.86. The highest BCUT2D eigenvalue weighted by molar-refractivity contribution is 5.79. The van der Waals surface area contributed by atoms with Crippen molar-refractivity contribution in [3.05, 3.63) is 36.9 Å². The van der Waals surface area contributed by atoms with E-state index in [2.05, 4.69) is 10.1 Å². The first-order valence-electron chi connectivity index (χ1n) is 5.51. The van der Waals surface area contributed by atoms with Gasteiger partial charge in [-0.15, -0.1) is 0 Å². The second kappa shape index (κ2) is 5.21. The highest BCUT2D eigenvalue weighted by Crippen LogP contribution is 2.22. The molecule has 0 N–H and O–H groups in total. The first-order chi connectivity index (χ1) is 8.96. The molecule has 0 saturated heterocycles. The first kappa shape index (κ1) is 13.3. The van der Waals surface area contributed by atoms with E-state index >= 15 is 0 Å². The van der Waals surface area contributed by atoms with Gasteiger partial charge in [-0.2, -0.15) is 18.3 Å². The van der Waals surface area contributed by atoms with Crippen molar-refractivity contribution in [2.75, 3.05) is 0 Å². The molecule has 0 aliphatic carbocycles. The van der Waals surface area contributed by atoms with Crippen molar-refractivity contribution < 1.29 is 18.0 Å². The van der Waals surface area contributed by atoms with Crippen molar-refractivity contribution in [2.45, 2.75) is 19.0 Å². The molecule has 0 amide bonds. The van der Waals surface area contributed by atoms with E-state index in [0.29, 0.717) is 5.56 Å². The van der Waals surface area contributed by atoms with Crippen LogP contribution in [0.3, 0.4) is 0 Å². The third-order valence-electron chi connectivity index (χ3n) is 2.46. The Labute approximate surface area is 106 Å². The fourth-order valence-electron chi connectivity index (χ4n) is 1.51. The Hall–Kier alpha value is -2.18. The largest absolute Gasteiger partial charge is 0.389 e. The van der Waals surface area contributed by atoms with Crippen LogP contribution in [0.2, 0.25) is 0 Å². The van der Waals surface area contributed by atoms with E-state index in [-0.39, 0.29) is 0 Å². The Morgan fingerprint density at radius 3 is 2.68 bits per heavy atom. The van der Waals surface area contributed by atoms with E-state index in [4.69, 9.17) is 0 Å². The van der Waals surface area contributed by atoms with E-state index in [1.54, 1.807) is 24.5 Å². The highest BCUT2D eigenvalue weighted by Gasteiger charge is 2.28. The van der Waals surface area contributed by atoms with Gasteiger partial charge in [0.15, 0.2) is 0 Å². The van der Waals surface area contributed by atoms with Crippen LogP contribution in [0.4, 0.5) is 13.2 Å². The number of nitrogens with zero attached hydrogens (tertiary/aromatic N) is 3. The number of hydrogen-bond acceptors (Lipinski definition) is 3. The van der Waals surface area contributed by atoms with Crippen LogP contribution in [0.5, 0.6) is 0 Å². The van der Waals surface area contributed by atoms with E-state index < -0.39 is 24.9 Å². The maximum Gasteiger partial charge on any atom is 0.389 e. The van der Waals surface area contributed by atoms with Gasteiger partial charge < -0.3 is 0 Å². The number of halogens is 3. The molecule has 7 heteroatoms. The smallest absolute Gasteiger partial charge is 0.273 e. The fourth-order valence-corrected chi connectivity index (χ4v) is 1.51. The Balaban J connectivity index is 2.07. The summed E-state index contributed by atoms with van der Waals surface area (Å²) in [4.78, 5) is 15.4. The lowest BCUT2D eigenvalue weighted by molar-refractivity contribution is -0.133. The molecule has 0 aromatic carbocycles. The molecule has 2 rings (SSSR count). The summed E-state index contributed by atoms with van der Waals surface area (Å²) in [5.74, 6) is -0.688. The van der Waals surface area contributed by atoms with Gasteiger partial charge in [-0.05, 0) is 6.07 Å².